The van der Waals surface area contributed by atoms with E-state index >= 15 is 0 Å². The van der Waals surface area contributed by atoms with Crippen LogP contribution in [0.2, 0.25) is 0 Å². The van der Waals surface area contributed by atoms with E-state index in [1.54, 1.807) is 0 Å². The lowest BCUT2D eigenvalue weighted by atomic mass is 10.0. The molecule has 2 amide bonds. The van der Waals surface area contributed by atoms with Crippen molar-refractivity contribution in [3.63, 3.8) is 0 Å². The Bertz CT molecular complexity index is 405. The van der Waals surface area contributed by atoms with Crippen LogP contribution in [-0.2, 0) is 14.6 Å². The molecule has 0 rings (SSSR count). The zero-order chi connectivity index (χ0) is 15.1. The molecule has 1 atom stereocenters. The Hall–Kier alpha value is -1.31. The summed E-state index contributed by atoms with van der Waals surface area (Å²) < 4.78 is 22.4. The van der Waals surface area contributed by atoms with Crippen molar-refractivity contribution in [1.82, 2.24) is 10.6 Å². The average molecular weight is 294 g/mol. The molecule has 0 saturated carbocycles. The van der Waals surface area contributed by atoms with Crippen molar-refractivity contribution in [3.05, 3.63) is 0 Å². The van der Waals surface area contributed by atoms with Crippen LogP contribution < -0.4 is 10.6 Å². The molecule has 19 heavy (non-hydrogen) atoms. The summed E-state index contributed by atoms with van der Waals surface area (Å²) in [5.74, 6) is -1.12. The summed E-state index contributed by atoms with van der Waals surface area (Å²) in [4.78, 5) is 22.3. The van der Waals surface area contributed by atoms with E-state index in [-0.39, 0.29) is 24.0 Å². The van der Waals surface area contributed by atoms with Crippen LogP contribution in [0, 0.1) is 5.92 Å². The van der Waals surface area contributed by atoms with Crippen LogP contribution in [0.1, 0.15) is 27.2 Å². The number of carbonyl (C=O) groups excluding carboxylic acids is 1. The zero-order valence-electron chi connectivity index (χ0n) is 11.5. The molecule has 0 aromatic carbocycles. The average Bonchev–Trinajstić information content (AvgIpc) is 2.27. The molecule has 0 aliphatic heterocycles. The number of carboxylic acids is 1. The van der Waals surface area contributed by atoms with Gasteiger partial charge in [0.25, 0.3) is 0 Å². The van der Waals surface area contributed by atoms with Crippen molar-refractivity contribution in [1.29, 1.82) is 0 Å². The number of carboxylic acid groups (broad SMARTS) is 1. The summed E-state index contributed by atoms with van der Waals surface area (Å²) in [5, 5.41) is 13.6. The number of nitrogens with one attached hydrogen (secondary N) is 2. The summed E-state index contributed by atoms with van der Waals surface area (Å²) in [7, 11) is -3.14. The second-order valence-electron chi connectivity index (χ2n) is 4.66. The first kappa shape index (κ1) is 17.7. The maximum Gasteiger partial charge on any atom is 0.326 e. The fraction of sp³-hybridized carbons (Fsp3) is 0.818. The minimum atomic E-state index is -3.14. The van der Waals surface area contributed by atoms with Gasteiger partial charge < -0.3 is 15.7 Å². The molecule has 0 saturated heterocycles. The Morgan fingerprint density at radius 1 is 1.26 bits per heavy atom. The molecule has 0 radical (unpaired) electrons. The van der Waals surface area contributed by atoms with E-state index in [0.717, 1.165) is 0 Å². The molecule has 0 fully saturated rings. The zero-order valence-corrected chi connectivity index (χ0v) is 12.3. The number of urea groups is 1. The third-order valence-corrected chi connectivity index (χ3v) is 4.15. The smallest absolute Gasteiger partial charge is 0.326 e. The molecule has 0 heterocycles. The largest absolute Gasteiger partial charge is 0.480 e. The quantitative estimate of drug-likeness (QED) is 0.593. The minimum Gasteiger partial charge on any atom is -0.480 e. The molecule has 3 N–H and O–H groups in total. The molecule has 7 nitrogen and oxygen atoms in total. The van der Waals surface area contributed by atoms with E-state index in [2.05, 4.69) is 10.6 Å². The number of hydrogen-bond donors (Lipinski definition) is 3. The van der Waals surface area contributed by atoms with E-state index in [4.69, 9.17) is 5.11 Å². The van der Waals surface area contributed by atoms with Crippen molar-refractivity contribution in [2.75, 3.05) is 18.1 Å². The van der Waals surface area contributed by atoms with Crippen LogP contribution in [0.4, 0.5) is 4.79 Å². The third-order valence-electron chi connectivity index (χ3n) is 2.45. The SMILES string of the molecule is CCS(=O)(=O)CCNC(=O)NC(CC(C)C)C(=O)O. The van der Waals surface area contributed by atoms with Gasteiger partial charge in [-0.1, -0.05) is 20.8 Å². The van der Waals surface area contributed by atoms with E-state index in [1.165, 1.54) is 6.92 Å². The Kier molecular flexibility index (Phi) is 7.43. The Labute approximate surface area is 113 Å². The summed E-state index contributed by atoms with van der Waals surface area (Å²) in [6.07, 6.45) is 0.315. The van der Waals surface area contributed by atoms with Crippen LogP contribution in [0.3, 0.4) is 0 Å². The van der Waals surface area contributed by atoms with Crippen molar-refractivity contribution in [2.24, 2.45) is 5.92 Å². The lowest BCUT2D eigenvalue weighted by Gasteiger charge is -2.16. The lowest BCUT2D eigenvalue weighted by Crippen LogP contribution is -2.47. The van der Waals surface area contributed by atoms with E-state index in [9.17, 15) is 18.0 Å². The molecular formula is C11H22N2O5S. The Morgan fingerprint density at radius 2 is 1.84 bits per heavy atom. The molecule has 8 heteroatoms. The van der Waals surface area contributed by atoms with Crippen LogP contribution in [0.25, 0.3) is 0 Å². The van der Waals surface area contributed by atoms with Gasteiger partial charge in [-0.05, 0) is 12.3 Å². The van der Waals surface area contributed by atoms with Gasteiger partial charge in [0, 0.05) is 12.3 Å². The van der Waals surface area contributed by atoms with Crippen molar-refractivity contribution in [3.8, 4) is 0 Å². The van der Waals surface area contributed by atoms with Crippen molar-refractivity contribution in [2.45, 2.75) is 33.2 Å². The van der Waals surface area contributed by atoms with Gasteiger partial charge in [-0.25, -0.2) is 18.0 Å². The number of sulfone groups is 1. The predicted molar refractivity (Wildman–Crippen MR) is 71.7 cm³/mol. The van der Waals surface area contributed by atoms with Crippen LogP contribution >= 0.6 is 0 Å². The molecule has 112 valence electrons. The van der Waals surface area contributed by atoms with Crippen LogP contribution in [0.15, 0.2) is 0 Å². The molecule has 0 aromatic rings. The van der Waals surface area contributed by atoms with Gasteiger partial charge in [-0.2, -0.15) is 0 Å². The van der Waals surface area contributed by atoms with Gasteiger partial charge in [-0.3, -0.25) is 0 Å². The first-order valence-corrected chi connectivity index (χ1v) is 7.97. The maximum atomic E-state index is 11.4. The van der Waals surface area contributed by atoms with E-state index in [0.29, 0.717) is 6.42 Å². The van der Waals surface area contributed by atoms with Gasteiger partial charge in [0.1, 0.15) is 6.04 Å². The Morgan fingerprint density at radius 3 is 2.26 bits per heavy atom. The topological polar surface area (TPSA) is 113 Å². The minimum absolute atomic E-state index is 0.0153. The standard InChI is InChI=1S/C11H22N2O5S/c1-4-19(17,18)6-5-12-11(16)13-9(10(14)15)7-8(2)3/h8-9H,4-7H2,1-3H3,(H,14,15)(H2,12,13,16). The van der Waals surface area contributed by atoms with Gasteiger partial charge in [0.05, 0.1) is 5.75 Å². The highest BCUT2D eigenvalue weighted by atomic mass is 32.2. The molecule has 0 aliphatic rings. The summed E-state index contributed by atoms with van der Waals surface area (Å²) >= 11 is 0. The molecule has 0 spiro atoms. The Balaban J connectivity index is 4.18. The third kappa shape index (κ3) is 8.41. The molecule has 0 aromatic heterocycles. The van der Waals surface area contributed by atoms with Gasteiger partial charge in [0.2, 0.25) is 0 Å². The second-order valence-corrected chi connectivity index (χ2v) is 7.13. The summed E-state index contributed by atoms with van der Waals surface area (Å²) in [6, 6.07) is -1.64. The van der Waals surface area contributed by atoms with Gasteiger partial charge in [0.15, 0.2) is 9.84 Å². The fourth-order valence-electron chi connectivity index (χ4n) is 1.37. The normalized spacial score (nSPS) is 13.1. The molecule has 0 bridgehead atoms. The van der Waals surface area contributed by atoms with Crippen molar-refractivity contribution >= 4 is 21.8 Å². The predicted octanol–water partition coefficient (Wildman–Crippen LogP) is 0.220. The van der Waals surface area contributed by atoms with Gasteiger partial charge >= 0.3 is 12.0 Å². The molecule has 0 aliphatic carbocycles. The number of carbonyl (C=O) groups is 2. The monoisotopic (exact) mass is 294 g/mol. The maximum absolute atomic E-state index is 11.4. The number of amides is 2. The summed E-state index contributed by atoms with van der Waals surface area (Å²) in [6.45, 7) is 5.20. The number of rotatable bonds is 8. The number of aliphatic carboxylic acids is 1. The van der Waals surface area contributed by atoms with Gasteiger partial charge in [-0.15, -0.1) is 0 Å². The number of hydrogen-bond acceptors (Lipinski definition) is 4. The second kappa shape index (κ2) is 7.98. The van der Waals surface area contributed by atoms with E-state index < -0.39 is 27.9 Å². The van der Waals surface area contributed by atoms with Crippen LogP contribution in [0.5, 0.6) is 0 Å². The highest BCUT2D eigenvalue weighted by molar-refractivity contribution is 7.91. The highest BCUT2D eigenvalue weighted by Crippen LogP contribution is 2.04. The molecular weight excluding hydrogens is 272 g/mol. The first-order valence-electron chi connectivity index (χ1n) is 6.15. The lowest BCUT2D eigenvalue weighted by molar-refractivity contribution is -0.139. The first-order chi connectivity index (χ1) is 8.68. The highest BCUT2D eigenvalue weighted by Gasteiger charge is 2.21. The van der Waals surface area contributed by atoms with Crippen LogP contribution in [-0.4, -0.2) is 49.6 Å². The van der Waals surface area contributed by atoms with Crippen molar-refractivity contribution < 1.29 is 23.1 Å². The van der Waals surface area contributed by atoms with E-state index in [1.807, 2.05) is 13.8 Å². The fourth-order valence-corrected chi connectivity index (χ4v) is 2.07. The summed E-state index contributed by atoms with van der Waals surface area (Å²) in [5.41, 5.74) is 0. The molecule has 1 unspecified atom stereocenters.